The van der Waals surface area contributed by atoms with Gasteiger partial charge in [-0.2, -0.15) is 0 Å². The van der Waals surface area contributed by atoms with Crippen molar-refractivity contribution in [3.8, 4) is 5.75 Å². The fourth-order valence-corrected chi connectivity index (χ4v) is 1.72. The van der Waals surface area contributed by atoms with Crippen LogP contribution >= 0.6 is 0 Å². The zero-order chi connectivity index (χ0) is 15.7. The molecule has 0 atom stereocenters. The molecule has 0 aliphatic rings. The Labute approximate surface area is 127 Å². The van der Waals surface area contributed by atoms with Crippen molar-refractivity contribution in [3.63, 3.8) is 0 Å². The van der Waals surface area contributed by atoms with Crippen LogP contribution in [0.3, 0.4) is 0 Å². The summed E-state index contributed by atoms with van der Waals surface area (Å²) in [5.74, 6) is 0.869. The van der Waals surface area contributed by atoms with E-state index in [0.717, 1.165) is 25.3 Å². The van der Waals surface area contributed by atoms with Crippen molar-refractivity contribution in [2.75, 3.05) is 26.7 Å². The number of nitrogens with one attached hydrogen (secondary N) is 2. The van der Waals surface area contributed by atoms with Crippen molar-refractivity contribution in [2.45, 2.75) is 32.8 Å². The van der Waals surface area contributed by atoms with Crippen molar-refractivity contribution >= 4 is 6.09 Å². The number of methoxy groups -OCH3 is 1. The quantitative estimate of drug-likeness (QED) is 0.758. The van der Waals surface area contributed by atoms with E-state index in [0.29, 0.717) is 6.54 Å². The molecule has 5 nitrogen and oxygen atoms in total. The van der Waals surface area contributed by atoms with Gasteiger partial charge in [-0.15, -0.1) is 0 Å². The van der Waals surface area contributed by atoms with E-state index in [2.05, 4.69) is 22.8 Å². The van der Waals surface area contributed by atoms with Crippen LogP contribution in [0.1, 0.15) is 26.3 Å². The Morgan fingerprint density at radius 3 is 2.33 bits per heavy atom. The first-order valence-corrected chi connectivity index (χ1v) is 7.21. The maximum Gasteiger partial charge on any atom is 0.407 e. The summed E-state index contributed by atoms with van der Waals surface area (Å²) in [6.45, 7) is 7.67. The number of amides is 1. The predicted molar refractivity (Wildman–Crippen MR) is 83.8 cm³/mol. The van der Waals surface area contributed by atoms with Crippen LogP contribution in [0, 0.1) is 0 Å². The van der Waals surface area contributed by atoms with Crippen LogP contribution in [0.25, 0.3) is 0 Å². The molecule has 1 amide bonds. The Morgan fingerprint density at radius 2 is 1.76 bits per heavy atom. The lowest BCUT2D eigenvalue weighted by atomic mass is 10.1. The van der Waals surface area contributed by atoms with Crippen LogP contribution in [0.15, 0.2) is 24.3 Å². The first-order chi connectivity index (χ1) is 9.90. The van der Waals surface area contributed by atoms with Crippen LogP contribution in [-0.2, 0) is 11.2 Å². The predicted octanol–water partition coefficient (Wildman–Crippen LogP) is 2.35. The summed E-state index contributed by atoms with van der Waals surface area (Å²) in [7, 11) is 1.66. The van der Waals surface area contributed by atoms with Gasteiger partial charge in [-0.1, -0.05) is 12.1 Å². The van der Waals surface area contributed by atoms with Gasteiger partial charge in [-0.25, -0.2) is 4.79 Å². The zero-order valence-corrected chi connectivity index (χ0v) is 13.4. The smallest absolute Gasteiger partial charge is 0.407 e. The molecule has 0 aliphatic carbocycles. The lowest BCUT2D eigenvalue weighted by Gasteiger charge is -2.19. The molecule has 21 heavy (non-hydrogen) atoms. The van der Waals surface area contributed by atoms with E-state index in [1.54, 1.807) is 7.11 Å². The fourth-order valence-electron chi connectivity index (χ4n) is 1.72. The second-order valence-electron chi connectivity index (χ2n) is 5.78. The number of benzene rings is 1. The molecule has 1 rings (SSSR count). The van der Waals surface area contributed by atoms with E-state index >= 15 is 0 Å². The van der Waals surface area contributed by atoms with Crippen molar-refractivity contribution in [1.82, 2.24) is 10.6 Å². The number of alkyl carbamates (subject to hydrolysis) is 1. The van der Waals surface area contributed by atoms with E-state index < -0.39 is 5.60 Å². The third-order valence-corrected chi connectivity index (χ3v) is 2.72. The fraction of sp³-hybridized carbons (Fsp3) is 0.562. The Hall–Kier alpha value is -1.75. The van der Waals surface area contributed by atoms with Crippen molar-refractivity contribution in [1.29, 1.82) is 0 Å². The van der Waals surface area contributed by atoms with Gasteiger partial charge >= 0.3 is 6.09 Å². The number of carbonyl (C=O) groups excluding carboxylic acids is 1. The van der Waals surface area contributed by atoms with Crippen LogP contribution in [0.5, 0.6) is 5.75 Å². The Balaban J connectivity index is 2.07. The SMILES string of the molecule is COc1ccc(CCNCCNC(=O)OC(C)(C)C)cc1. The summed E-state index contributed by atoms with van der Waals surface area (Å²) in [4.78, 5) is 11.4. The van der Waals surface area contributed by atoms with Gasteiger partial charge in [0.25, 0.3) is 0 Å². The molecule has 0 spiro atoms. The molecule has 0 saturated heterocycles. The van der Waals surface area contributed by atoms with Crippen molar-refractivity contribution in [2.24, 2.45) is 0 Å². The maximum absolute atomic E-state index is 11.4. The Bertz CT molecular complexity index is 424. The number of rotatable bonds is 7. The van der Waals surface area contributed by atoms with E-state index in [1.807, 2.05) is 32.9 Å². The van der Waals surface area contributed by atoms with Gasteiger partial charge in [-0.05, 0) is 51.4 Å². The van der Waals surface area contributed by atoms with Crippen LogP contribution in [0.2, 0.25) is 0 Å². The average Bonchev–Trinajstić information content (AvgIpc) is 2.41. The number of carbonyl (C=O) groups is 1. The molecule has 0 unspecified atom stereocenters. The third-order valence-electron chi connectivity index (χ3n) is 2.72. The molecule has 0 aromatic heterocycles. The summed E-state index contributed by atoms with van der Waals surface area (Å²) in [5.41, 5.74) is 0.801. The van der Waals surface area contributed by atoms with Gasteiger partial charge < -0.3 is 20.1 Å². The van der Waals surface area contributed by atoms with Crippen molar-refractivity contribution in [3.05, 3.63) is 29.8 Å². The van der Waals surface area contributed by atoms with Crippen LogP contribution < -0.4 is 15.4 Å². The molecule has 0 fully saturated rings. The summed E-state index contributed by atoms with van der Waals surface area (Å²) in [5, 5.41) is 5.99. The molecular weight excluding hydrogens is 268 g/mol. The van der Waals surface area contributed by atoms with Crippen molar-refractivity contribution < 1.29 is 14.3 Å². The molecule has 2 N–H and O–H groups in total. The second-order valence-corrected chi connectivity index (χ2v) is 5.78. The zero-order valence-electron chi connectivity index (χ0n) is 13.4. The molecule has 0 bridgehead atoms. The summed E-state index contributed by atoms with van der Waals surface area (Å²) in [6.07, 6.45) is 0.565. The number of hydrogen-bond donors (Lipinski definition) is 2. The standard InChI is InChI=1S/C16H26N2O3/c1-16(2,3)21-15(19)18-12-11-17-10-9-13-5-7-14(20-4)8-6-13/h5-8,17H,9-12H2,1-4H3,(H,18,19). The highest BCUT2D eigenvalue weighted by molar-refractivity contribution is 5.67. The monoisotopic (exact) mass is 294 g/mol. The van der Waals surface area contributed by atoms with E-state index in [9.17, 15) is 4.79 Å². The molecule has 5 heteroatoms. The van der Waals surface area contributed by atoms with Gasteiger partial charge in [-0.3, -0.25) is 0 Å². The number of hydrogen-bond acceptors (Lipinski definition) is 4. The van der Waals surface area contributed by atoms with Gasteiger partial charge in [0.15, 0.2) is 0 Å². The van der Waals surface area contributed by atoms with Crippen LogP contribution in [0.4, 0.5) is 4.79 Å². The first-order valence-electron chi connectivity index (χ1n) is 7.21. The Morgan fingerprint density at radius 1 is 1.10 bits per heavy atom. The lowest BCUT2D eigenvalue weighted by molar-refractivity contribution is 0.0528. The highest BCUT2D eigenvalue weighted by Crippen LogP contribution is 2.11. The molecule has 0 radical (unpaired) electrons. The minimum absolute atomic E-state index is 0.376. The number of ether oxygens (including phenoxy) is 2. The highest BCUT2D eigenvalue weighted by atomic mass is 16.6. The minimum Gasteiger partial charge on any atom is -0.497 e. The lowest BCUT2D eigenvalue weighted by Crippen LogP contribution is -2.36. The molecule has 1 aromatic rings. The molecule has 118 valence electrons. The Kier molecular flexibility index (Phi) is 7.02. The third kappa shape index (κ3) is 8.19. The van der Waals surface area contributed by atoms with Gasteiger partial charge in [0.2, 0.25) is 0 Å². The molecular formula is C16H26N2O3. The summed E-state index contributed by atoms with van der Waals surface area (Å²) >= 11 is 0. The molecule has 1 aromatic carbocycles. The first kappa shape index (κ1) is 17.3. The average molecular weight is 294 g/mol. The molecule has 0 saturated carbocycles. The normalized spacial score (nSPS) is 11.0. The summed E-state index contributed by atoms with van der Waals surface area (Å²) < 4.78 is 10.3. The highest BCUT2D eigenvalue weighted by Gasteiger charge is 2.15. The summed E-state index contributed by atoms with van der Waals surface area (Å²) in [6, 6.07) is 8.03. The molecule has 0 aliphatic heterocycles. The minimum atomic E-state index is -0.453. The van der Waals surface area contributed by atoms with Gasteiger partial charge in [0.1, 0.15) is 11.4 Å². The maximum atomic E-state index is 11.4. The second kappa shape index (κ2) is 8.52. The van der Waals surface area contributed by atoms with Crippen LogP contribution in [-0.4, -0.2) is 38.4 Å². The molecule has 0 heterocycles. The van der Waals surface area contributed by atoms with Gasteiger partial charge in [0, 0.05) is 13.1 Å². The van der Waals surface area contributed by atoms with E-state index in [-0.39, 0.29) is 6.09 Å². The van der Waals surface area contributed by atoms with Gasteiger partial charge in [0.05, 0.1) is 7.11 Å². The largest absolute Gasteiger partial charge is 0.497 e. The topological polar surface area (TPSA) is 59.6 Å². The van der Waals surface area contributed by atoms with E-state index in [1.165, 1.54) is 5.56 Å². The van der Waals surface area contributed by atoms with E-state index in [4.69, 9.17) is 9.47 Å².